The zero-order valence-electron chi connectivity index (χ0n) is 11.8. The molecule has 0 heterocycles. The van der Waals surface area contributed by atoms with Gasteiger partial charge in [-0.05, 0) is 67.3 Å². The fourth-order valence-electron chi connectivity index (χ4n) is 2.86. The minimum Gasteiger partial charge on any atom is -0.316 e. The van der Waals surface area contributed by atoms with Crippen LogP contribution in [0.2, 0.25) is 0 Å². The topological polar surface area (TPSA) is 12.0 Å². The Morgan fingerprint density at radius 2 is 2.11 bits per heavy atom. The van der Waals surface area contributed by atoms with Gasteiger partial charge in [-0.1, -0.05) is 29.8 Å². The lowest BCUT2D eigenvalue weighted by molar-refractivity contribution is 0.256. The molecule has 0 radical (unpaired) electrons. The molecule has 0 spiro atoms. The molecule has 0 saturated heterocycles. The molecule has 1 aliphatic rings. The number of benzene rings is 1. The van der Waals surface area contributed by atoms with Crippen LogP contribution in [0.4, 0.5) is 4.39 Å². The third-order valence-corrected chi connectivity index (χ3v) is 4.51. The van der Waals surface area contributed by atoms with Gasteiger partial charge in [-0.15, -0.1) is 0 Å². The van der Waals surface area contributed by atoms with Crippen molar-refractivity contribution in [1.82, 2.24) is 5.32 Å². The lowest BCUT2D eigenvalue weighted by atomic mass is 9.79. The standard InChI is InChI=1S/C16H23BrFN/c1-3-6-19-11-16(2,13-4-5-13)10-12-7-14(17)9-15(18)8-12/h7-9,13,19H,3-6,10-11H2,1-2H3. The van der Waals surface area contributed by atoms with Gasteiger partial charge in [0.1, 0.15) is 5.82 Å². The lowest BCUT2D eigenvalue weighted by Gasteiger charge is -2.30. The van der Waals surface area contributed by atoms with Crippen LogP contribution in [0.1, 0.15) is 38.7 Å². The molecule has 19 heavy (non-hydrogen) atoms. The van der Waals surface area contributed by atoms with Crippen LogP contribution in [0.25, 0.3) is 0 Å². The average molecular weight is 328 g/mol. The van der Waals surface area contributed by atoms with Gasteiger partial charge in [0, 0.05) is 11.0 Å². The molecule has 2 rings (SSSR count). The first-order chi connectivity index (χ1) is 9.03. The van der Waals surface area contributed by atoms with Gasteiger partial charge in [0.05, 0.1) is 0 Å². The van der Waals surface area contributed by atoms with Crippen LogP contribution >= 0.6 is 15.9 Å². The molecule has 1 fully saturated rings. The van der Waals surface area contributed by atoms with Gasteiger partial charge >= 0.3 is 0 Å². The minimum atomic E-state index is -0.149. The maximum absolute atomic E-state index is 13.5. The summed E-state index contributed by atoms with van der Waals surface area (Å²) in [4.78, 5) is 0. The highest BCUT2D eigenvalue weighted by Crippen LogP contribution is 2.47. The van der Waals surface area contributed by atoms with Crippen LogP contribution in [0.5, 0.6) is 0 Å². The van der Waals surface area contributed by atoms with Crippen LogP contribution in [0.15, 0.2) is 22.7 Å². The third kappa shape index (κ3) is 4.28. The predicted molar refractivity (Wildman–Crippen MR) is 81.8 cm³/mol. The van der Waals surface area contributed by atoms with Gasteiger partial charge in [0.15, 0.2) is 0 Å². The van der Waals surface area contributed by atoms with E-state index in [1.54, 1.807) is 6.07 Å². The smallest absolute Gasteiger partial charge is 0.124 e. The molecule has 1 saturated carbocycles. The Balaban J connectivity index is 2.06. The number of halogens is 2. The SMILES string of the molecule is CCCNCC(C)(Cc1cc(F)cc(Br)c1)C1CC1. The number of hydrogen-bond donors (Lipinski definition) is 1. The molecule has 1 atom stereocenters. The van der Waals surface area contributed by atoms with Crippen LogP contribution in [0.3, 0.4) is 0 Å². The summed E-state index contributed by atoms with van der Waals surface area (Å²) in [6.45, 7) is 6.62. The van der Waals surface area contributed by atoms with E-state index in [-0.39, 0.29) is 11.2 Å². The first-order valence-electron chi connectivity index (χ1n) is 7.19. The van der Waals surface area contributed by atoms with Gasteiger partial charge in [0.25, 0.3) is 0 Å². The van der Waals surface area contributed by atoms with Crippen molar-refractivity contribution >= 4 is 15.9 Å². The molecule has 1 unspecified atom stereocenters. The van der Waals surface area contributed by atoms with E-state index in [2.05, 4.69) is 35.1 Å². The largest absolute Gasteiger partial charge is 0.316 e. The van der Waals surface area contributed by atoms with Crippen molar-refractivity contribution in [2.24, 2.45) is 11.3 Å². The summed E-state index contributed by atoms with van der Waals surface area (Å²) in [5, 5.41) is 3.54. The fourth-order valence-corrected chi connectivity index (χ4v) is 3.37. The number of rotatable bonds is 7. The summed E-state index contributed by atoms with van der Waals surface area (Å²) in [5.74, 6) is 0.642. The van der Waals surface area contributed by atoms with Crippen molar-refractivity contribution in [2.75, 3.05) is 13.1 Å². The van der Waals surface area contributed by atoms with E-state index < -0.39 is 0 Å². The Morgan fingerprint density at radius 3 is 2.68 bits per heavy atom. The molecule has 0 aromatic heterocycles. The maximum atomic E-state index is 13.5. The molecule has 1 aliphatic carbocycles. The Bertz CT molecular complexity index is 411. The van der Waals surface area contributed by atoms with Crippen LogP contribution in [-0.4, -0.2) is 13.1 Å². The third-order valence-electron chi connectivity index (χ3n) is 4.05. The normalized spacial score (nSPS) is 18.3. The molecule has 3 heteroatoms. The van der Waals surface area contributed by atoms with E-state index in [1.807, 2.05) is 6.07 Å². The van der Waals surface area contributed by atoms with Gasteiger partial charge in [-0.2, -0.15) is 0 Å². The summed E-state index contributed by atoms with van der Waals surface area (Å²) in [7, 11) is 0. The summed E-state index contributed by atoms with van der Waals surface area (Å²) in [5.41, 5.74) is 1.35. The van der Waals surface area contributed by atoms with Crippen molar-refractivity contribution in [3.63, 3.8) is 0 Å². The lowest BCUT2D eigenvalue weighted by Crippen LogP contribution is -2.36. The molecule has 0 aliphatic heterocycles. The van der Waals surface area contributed by atoms with E-state index in [0.717, 1.165) is 41.9 Å². The van der Waals surface area contributed by atoms with Gasteiger partial charge in [-0.25, -0.2) is 4.39 Å². The first-order valence-corrected chi connectivity index (χ1v) is 7.98. The molecular formula is C16H23BrFN. The van der Waals surface area contributed by atoms with E-state index in [4.69, 9.17) is 0 Å². The second-order valence-electron chi connectivity index (χ2n) is 6.06. The van der Waals surface area contributed by atoms with E-state index >= 15 is 0 Å². The zero-order chi connectivity index (χ0) is 13.9. The molecule has 1 nitrogen and oxygen atoms in total. The van der Waals surface area contributed by atoms with Crippen molar-refractivity contribution in [3.05, 3.63) is 34.1 Å². The van der Waals surface area contributed by atoms with Crippen LogP contribution < -0.4 is 5.32 Å². The van der Waals surface area contributed by atoms with E-state index in [0.29, 0.717) is 0 Å². The van der Waals surface area contributed by atoms with Crippen molar-refractivity contribution in [1.29, 1.82) is 0 Å². The molecule has 0 amide bonds. The summed E-state index contributed by atoms with van der Waals surface area (Å²) in [6.07, 6.45) is 4.75. The van der Waals surface area contributed by atoms with Crippen LogP contribution in [0, 0.1) is 17.2 Å². The van der Waals surface area contributed by atoms with Gasteiger partial charge < -0.3 is 5.32 Å². The molecule has 1 aromatic carbocycles. The molecule has 106 valence electrons. The number of hydrogen-bond acceptors (Lipinski definition) is 1. The Hall–Kier alpha value is -0.410. The predicted octanol–water partition coefficient (Wildman–Crippen LogP) is 4.55. The Kier molecular flexibility index (Phi) is 5.02. The second kappa shape index (κ2) is 6.36. The Morgan fingerprint density at radius 1 is 1.37 bits per heavy atom. The highest BCUT2D eigenvalue weighted by Gasteiger charge is 2.41. The summed E-state index contributed by atoms with van der Waals surface area (Å²) < 4.78 is 14.3. The van der Waals surface area contributed by atoms with Crippen LogP contribution in [-0.2, 0) is 6.42 Å². The molecular weight excluding hydrogens is 305 g/mol. The molecule has 1 N–H and O–H groups in total. The zero-order valence-corrected chi connectivity index (χ0v) is 13.4. The summed E-state index contributed by atoms with van der Waals surface area (Å²) >= 11 is 3.38. The average Bonchev–Trinajstić information content (AvgIpc) is 3.11. The monoisotopic (exact) mass is 327 g/mol. The molecule has 0 bridgehead atoms. The Labute approximate surface area is 124 Å². The first kappa shape index (κ1) is 15.0. The second-order valence-corrected chi connectivity index (χ2v) is 6.98. The molecule has 1 aromatic rings. The van der Waals surface area contributed by atoms with Crippen molar-refractivity contribution in [3.8, 4) is 0 Å². The van der Waals surface area contributed by atoms with Gasteiger partial charge in [0.2, 0.25) is 0 Å². The minimum absolute atomic E-state index is 0.149. The van der Waals surface area contributed by atoms with Gasteiger partial charge in [-0.3, -0.25) is 0 Å². The van der Waals surface area contributed by atoms with E-state index in [9.17, 15) is 4.39 Å². The fraction of sp³-hybridized carbons (Fsp3) is 0.625. The summed E-state index contributed by atoms with van der Waals surface area (Å²) in [6, 6.07) is 5.24. The highest BCUT2D eigenvalue weighted by atomic mass is 79.9. The maximum Gasteiger partial charge on any atom is 0.124 e. The van der Waals surface area contributed by atoms with Crippen molar-refractivity contribution in [2.45, 2.75) is 39.5 Å². The highest BCUT2D eigenvalue weighted by molar-refractivity contribution is 9.10. The quantitative estimate of drug-likeness (QED) is 0.724. The van der Waals surface area contributed by atoms with Crippen molar-refractivity contribution < 1.29 is 4.39 Å². The van der Waals surface area contributed by atoms with E-state index in [1.165, 1.54) is 18.9 Å². The number of nitrogens with one attached hydrogen (secondary N) is 1.